The molecular formula is C17H28Cl2NO+. The zero-order chi connectivity index (χ0) is 16.3. The van der Waals surface area contributed by atoms with Crippen LogP contribution in [0.15, 0.2) is 12.1 Å². The third-order valence-electron chi connectivity index (χ3n) is 3.23. The van der Waals surface area contributed by atoms with Crippen LogP contribution in [-0.4, -0.2) is 12.1 Å². The number of nitrogens with two attached hydrogens (primary N) is 1. The van der Waals surface area contributed by atoms with Crippen molar-refractivity contribution in [2.24, 2.45) is 5.41 Å². The summed E-state index contributed by atoms with van der Waals surface area (Å²) in [5.41, 5.74) is 1.50. The first kappa shape index (κ1) is 18.6. The van der Waals surface area contributed by atoms with Crippen LogP contribution in [0.25, 0.3) is 0 Å². The Labute approximate surface area is 139 Å². The predicted molar refractivity (Wildman–Crippen MR) is 91.4 cm³/mol. The van der Waals surface area contributed by atoms with E-state index in [-0.39, 0.29) is 5.54 Å². The molecule has 4 heteroatoms. The number of ether oxygens (including phenoxy) is 1. The largest absolute Gasteiger partial charge is 0.492 e. The van der Waals surface area contributed by atoms with E-state index in [1.54, 1.807) is 6.07 Å². The van der Waals surface area contributed by atoms with Gasteiger partial charge in [-0.05, 0) is 38.3 Å². The summed E-state index contributed by atoms with van der Waals surface area (Å²) in [6.07, 6.45) is 1.12. The molecule has 0 fully saturated rings. The highest BCUT2D eigenvalue weighted by atomic mass is 35.5. The fourth-order valence-electron chi connectivity index (χ4n) is 2.90. The van der Waals surface area contributed by atoms with Crippen molar-refractivity contribution in [2.75, 3.05) is 6.61 Å². The number of hydrogen-bond donors (Lipinski definition) is 1. The second-order valence-corrected chi connectivity index (χ2v) is 8.29. The van der Waals surface area contributed by atoms with E-state index in [2.05, 4.69) is 39.9 Å². The van der Waals surface area contributed by atoms with Crippen molar-refractivity contribution < 1.29 is 10.1 Å². The fraction of sp³-hybridized carbons (Fsp3) is 0.647. The molecule has 0 saturated heterocycles. The molecule has 21 heavy (non-hydrogen) atoms. The van der Waals surface area contributed by atoms with E-state index in [9.17, 15) is 0 Å². The second-order valence-electron chi connectivity index (χ2n) is 7.44. The lowest BCUT2D eigenvalue weighted by atomic mass is 9.82. The highest BCUT2D eigenvalue weighted by molar-refractivity contribution is 6.35. The molecule has 0 aliphatic carbocycles. The molecule has 0 bridgehead atoms. The van der Waals surface area contributed by atoms with Gasteiger partial charge in [0.1, 0.15) is 12.3 Å². The van der Waals surface area contributed by atoms with Gasteiger partial charge in [-0.3, -0.25) is 0 Å². The molecule has 0 atom stereocenters. The summed E-state index contributed by atoms with van der Waals surface area (Å²) >= 11 is 12.4. The standard InChI is InChI=1S/C17H27Cl2NO/c1-7-21-15-12(8-13(18)9-14(15)19)10-20-17(5,6)11-16(2,3)4/h8-9,20H,7,10-11H2,1-6H3/p+1. The summed E-state index contributed by atoms with van der Waals surface area (Å²) < 4.78 is 5.68. The Kier molecular flexibility index (Phi) is 6.39. The van der Waals surface area contributed by atoms with E-state index in [0.717, 1.165) is 24.3 Å². The van der Waals surface area contributed by atoms with Crippen LogP contribution in [0, 0.1) is 5.41 Å². The molecule has 0 aromatic heterocycles. The maximum atomic E-state index is 6.25. The SMILES string of the molecule is CCOc1c(Cl)cc(Cl)cc1C[NH2+]C(C)(C)CC(C)(C)C. The maximum Gasteiger partial charge on any atom is 0.146 e. The lowest BCUT2D eigenvalue weighted by molar-refractivity contribution is -0.737. The Bertz CT molecular complexity index is 478. The van der Waals surface area contributed by atoms with Gasteiger partial charge >= 0.3 is 0 Å². The minimum atomic E-state index is 0.149. The first-order valence-electron chi connectivity index (χ1n) is 7.49. The number of quaternary nitrogens is 1. The summed E-state index contributed by atoms with van der Waals surface area (Å²) in [5, 5.41) is 3.57. The van der Waals surface area contributed by atoms with Gasteiger partial charge in [-0.15, -0.1) is 0 Å². The third-order valence-corrected chi connectivity index (χ3v) is 3.73. The van der Waals surface area contributed by atoms with Gasteiger partial charge in [-0.25, -0.2) is 0 Å². The van der Waals surface area contributed by atoms with E-state index in [4.69, 9.17) is 27.9 Å². The van der Waals surface area contributed by atoms with Crippen molar-refractivity contribution >= 4 is 23.2 Å². The fourth-order valence-corrected chi connectivity index (χ4v) is 3.49. The van der Waals surface area contributed by atoms with Crippen LogP contribution in [0.3, 0.4) is 0 Å². The van der Waals surface area contributed by atoms with Crippen LogP contribution in [-0.2, 0) is 6.54 Å². The normalized spacial score (nSPS) is 12.6. The topological polar surface area (TPSA) is 25.8 Å². The molecule has 0 amide bonds. The summed E-state index contributed by atoms with van der Waals surface area (Å²) in [7, 11) is 0. The van der Waals surface area contributed by atoms with Crippen LogP contribution < -0.4 is 10.1 Å². The quantitative estimate of drug-likeness (QED) is 0.804. The average molecular weight is 333 g/mol. The van der Waals surface area contributed by atoms with Crippen LogP contribution in [0.1, 0.15) is 53.5 Å². The molecule has 0 aliphatic heterocycles. The van der Waals surface area contributed by atoms with Crippen molar-refractivity contribution in [3.05, 3.63) is 27.7 Å². The molecule has 2 N–H and O–H groups in total. The smallest absolute Gasteiger partial charge is 0.146 e. The third kappa shape index (κ3) is 6.46. The van der Waals surface area contributed by atoms with Gasteiger partial charge in [-0.1, -0.05) is 44.0 Å². The predicted octanol–water partition coefficient (Wildman–Crippen LogP) is 4.67. The summed E-state index contributed by atoms with van der Waals surface area (Å²) in [6.45, 7) is 14.7. The van der Waals surface area contributed by atoms with Crippen LogP contribution in [0.2, 0.25) is 10.0 Å². The van der Waals surface area contributed by atoms with Gasteiger partial charge in [0.2, 0.25) is 0 Å². The zero-order valence-corrected chi connectivity index (χ0v) is 15.5. The number of hydrogen-bond acceptors (Lipinski definition) is 1. The molecule has 0 radical (unpaired) electrons. The Hall–Kier alpha value is -0.440. The van der Waals surface area contributed by atoms with Crippen molar-refractivity contribution in [1.29, 1.82) is 0 Å². The Morgan fingerprint density at radius 2 is 1.71 bits per heavy atom. The molecule has 0 spiro atoms. The maximum absolute atomic E-state index is 6.25. The zero-order valence-electron chi connectivity index (χ0n) is 14.0. The highest BCUT2D eigenvalue weighted by Crippen LogP contribution is 2.32. The second kappa shape index (κ2) is 7.21. The van der Waals surface area contributed by atoms with Gasteiger partial charge in [0, 0.05) is 11.4 Å². The van der Waals surface area contributed by atoms with Gasteiger partial charge in [0.25, 0.3) is 0 Å². The Balaban J connectivity index is 2.88. The lowest BCUT2D eigenvalue weighted by Crippen LogP contribution is -2.94. The van der Waals surface area contributed by atoms with Crippen LogP contribution in [0.4, 0.5) is 0 Å². The Morgan fingerprint density at radius 1 is 1.10 bits per heavy atom. The highest BCUT2D eigenvalue weighted by Gasteiger charge is 2.28. The molecular weight excluding hydrogens is 305 g/mol. The van der Waals surface area contributed by atoms with Gasteiger partial charge in [0.05, 0.1) is 22.7 Å². The first-order chi connectivity index (χ1) is 9.54. The molecule has 1 aromatic rings. The van der Waals surface area contributed by atoms with Crippen LogP contribution in [0.5, 0.6) is 5.75 Å². The van der Waals surface area contributed by atoms with Crippen LogP contribution >= 0.6 is 23.2 Å². The molecule has 1 aromatic carbocycles. The van der Waals surface area contributed by atoms with E-state index in [1.807, 2.05) is 13.0 Å². The summed E-state index contributed by atoms with van der Waals surface area (Å²) in [5.74, 6) is 0.756. The first-order valence-corrected chi connectivity index (χ1v) is 8.25. The number of halogens is 2. The minimum Gasteiger partial charge on any atom is -0.492 e. The van der Waals surface area contributed by atoms with Gasteiger partial charge in [0.15, 0.2) is 0 Å². The van der Waals surface area contributed by atoms with Crippen molar-refractivity contribution in [2.45, 2.75) is 60.0 Å². The molecule has 120 valence electrons. The monoisotopic (exact) mass is 332 g/mol. The molecule has 2 nitrogen and oxygen atoms in total. The molecule has 0 unspecified atom stereocenters. The van der Waals surface area contributed by atoms with Crippen molar-refractivity contribution in [3.63, 3.8) is 0 Å². The van der Waals surface area contributed by atoms with E-state index < -0.39 is 0 Å². The van der Waals surface area contributed by atoms with E-state index in [0.29, 0.717) is 22.1 Å². The van der Waals surface area contributed by atoms with Gasteiger partial charge in [-0.2, -0.15) is 0 Å². The minimum absolute atomic E-state index is 0.149. The molecule has 1 rings (SSSR count). The number of rotatable bonds is 6. The van der Waals surface area contributed by atoms with E-state index in [1.165, 1.54) is 0 Å². The molecule has 0 saturated carbocycles. The summed E-state index contributed by atoms with van der Waals surface area (Å²) in [6, 6.07) is 3.68. The molecule has 0 aliphatic rings. The van der Waals surface area contributed by atoms with Crippen molar-refractivity contribution in [1.82, 2.24) is 0 Å². The molecule has 0 heterocycles. The Morgan fingerprint density at radius 3 is 2.24 bits per heavy atom. The van der Waals surface area contributed by atoms with Gasteiger partial charge < -0.3 is 10.1 Å². The average Bonchev–Trinajstić information content (AvgIpc) is 2.27. The summed E-state index contributed by atoms with van der Waals surface area (Å²) in [4.78, 5) is 0. The number of benzene rings is 1. The lowest BCUT2D eigenvalue weighted by Gasteiger charge is -2.30. The van der Waals surface area contributed by atoms with Crippen molar-refractivity contribution in [3.8, 4) is 5.75 Å². The van der Waals surface area contributed by atoms with E-state index >= 15 is 0 Å².